The minimum Gasteiger partial charge on any atom is -0.449 e. The molecule has 1 atom stereocenters. The lowest BCUT2D eigenvalue weighted by atomic mass is 10.2. The van der Waals surface area contributed by atoms with Gasteiger partial charge in [-0.3, -0.25) is 4.79 Å². The van der Waals surface area contributed by atoms with E-state index in [1.807, 2.05) is 0 Å². The average molecular weight is 329 g/mol. The summed E-state index contributed by atoms with van der Waals surface area (Å²) in [6.07, 6.45) is 0.596. The first-order chi connectivity index (χ1) is 11.6. The lowest BCUT2D eigenvalue weighted by molar-refractivity contribution is -0.124. The third-order valence-electron chi connectivity index (χ3n) is 3.37. The van der Waals surface area contributed by atoms with Gasteiger partial charge in [-0.2, -0.15) is 0 Å². The topological polar surface area (TPSA) is 107 Å². The number of hydrogen-bond acceptors (Lipinski definition) is 7. The number of aryl methyl sites for hydroxylation is 1. The monoisotopic (exact) mass is 329 g/mol. The molecule has 3 rings (SSSR count). The SMILES string of the molecule is CCC(OC(=O)c1cccc2ocnc12)C(=O)Nc1cc(C)on1. The molecule has 124 valence electrons. The molecular weight excluding hydrogens is 314 g/mol. The van der Waals surface area contributed by atoms with E-state index in [0.717, 1.165) is 0 Å². The Morgan fingerprint density at radius 2 is 2.21 bits per heavy atom. The molecule has 3 aromatic rings. The molecule has 2 heterocycles. The van der Waals surface area contributed by atoms with Gasteiger partial charge in [0, 0.05) is 6.07 Å². The standard InChI is InChI=1S/C16H15N3O5/c1-3-11(15(20)18-13-7-9(2)24-19-13)23-16(21)10-5-4-6-12-14(10)17-8-22-12/h4-8,11H,3H2,1-2H3,(H,18,19,20). The van der Waals surface area contributed by atoms with Crippen LogP contribution in [-0.4, -0.2) is 28.1 Å². The highest BCUT2D eigenvalue weighted by Gasteiger charge is 2.24. The van der Waals surface area contributed by atoms with Crippen molar-refractivity contribution >= 4 is 28.8 Å². The predicted octanol–water partition coefficient (Wildman–Crippen LogP) is 2.70. The number of ether oxygens (including phenoxy) is 1. The molecule has 0 aliphatic rings. The summed E-state index contributed by atoms with van der Waals surface area (Å²) in [4.78, 5) is 28.6. The van der Waals surface area contributed by atoms with E-state index in [9.17, 15) is 9.59 Å². The van der Waals surface area contributed by atoms with Crippen LogP contribution in [-0.2, 0) is 9.53 Å². The van der Waals surface area contributed by atoms with Crippen molar-refractivity contribution in [2.75, 3.05) is 5.32 Å². The van der Waals surface area contributed by atoms with Crippen LogP contribution in [0.25, 0.3) is 11.1 Å². The lowest BCUT2D eigenvalue weighted by Crippen LogP contribution is -2.32. The summed E-state index contributed by atoms with van der Waals surface area (Å²) >= 11 is 0. The number of benzene rings is 1. The van der Waals surface area contributed by atoms with E-state index in [1.165, 1.54) is 6.39 Å². The van der Waals surface area contributed by atoms with Crippen LogP contribution in [0.3, 0.4) is 0 Å². The zero-order valence-electron chi connectivity index (χ0n) is 13.1. The van der Waals surface area contributed by atoms with E-state index >= 15 is 0 Å². The molecule has 0 spiro atoms. The number of carbonyl (C=O) groups is 2. The maximum Gasteiger partial charge on any atom is 0.341 e. The molecule has 8 nitrogen and oxygen atoms in total. The molecule has 0 aliphatic heterocycles. The van der Waals surface area contributed by atoms with Crippen molar-refractivity contribution in [2.45, 2.75) is 26.4 Å². The molecule has 1 N–H and O–H groups in total. The van der Waals surface area contributed by atoms with Crippen LogP contribution in [0.5, 0.6) is 0 Å². The highest BCUT2D eigenvalue weighted by molar-refractivity contribution is 6.03. The first-order valence-corrected chi connectivity index (χ1v) is 7.36. The molecule has 0 aliphatic carbocycles. The Balaban J connectivity index is 1.73. The second-order valence-electron chi connectivity index (χ2n) is 5.12. The molecule has 1 unspecified atom stereocenters. The van der Waals surface area contributed by atoms with Crippen LogP contribution in [0.1, 0.15) is 29.5 Å². The number of amides is 1. The van der Waals surface area contributed by atoms with Crippen LogP contribution in [0.2, 0.25) is 0 Å². The number of para-hydroxylation sites is 1. The molecule has 0 bridgehead atoms. The Kier molecular flexibility index (Phi) is 4.28. The number of esters is 1. The maximum atomic E-state index is 12.4. The molecule has 0 saturated heterocycles. The normalized spacial score (nSPS) is 12.1. The Hall–Kier alpha value is -3.16. The van der Waals surface area contributed by atoms with Crippen LogP contribution in [0.15, 0.2) is 39.6 Å². The molecular formula is C16H15N3O5. The summed E-state index contributed by atoms with van der Waals surface area (Å²) in [5.41, 5.74) is 1.11. The highest BCUT2D eigenvalue weighted by atomic mass is 16.5. The van der Waals surface area contributed by atoms with Crippen LogP contribution in [0.4, 0.5) is 5.82 Å². The van der Waals surface area contributed by atoms with Crippen molar-refractivity contribution in [2.24, 2.45) is 0 Å². The smallest absolute Gasteiger partial charge is 0.341 e. The number of nitrogens with one attached hydrogen (secondary N) is 1. The summed E-state index contributed by atoms with van der Waals surface area (Å²) in [7, 11) is 0. The Bertz CT molecular complexity index is 883. The van der Waals surface area contributed by atoms with Gasteiger partial charge in [-0.05, 0) is 25.5 Å². The molecule has 0 radical (unpaired) electrons. The van der Waals surface area contributed by atoms with E-state index in [0.29, 0.717) is 23.3 Å². The summed E-state index contributed by atoms with van der Waals surface area (Å²) in [6, 6.07) is 6.49. The molecule has 8 heteroatoms. The second kappa shape index (κ2) is 6.53. The van der Waals surface area contributed by atoms with Gasteiger partial charge in [0.2, 0.25) is 0 Å². The van der Waals surface area contributed by atoms with Gasteiger partial charge in [0.15, 0.2) is 23.9 Å². The summed E-state index contributed by atoms with van der Waals surface area (Å²) in [6.45, 7) is 3.45. The van der Waals surface area contributed by atoms with E-state index in [4.69, 9.17) is 13.7 Å². The van der Waals surface area contributed by atoms with Crippen molar-refractivity contribution in [3.05, 3.63) is 42.0 Å². The summed E-state index contributed by atoms with van der Waals surface area (Å²) in [5.74, 6) is -0.294. The van der Waals surface area contributed by atoms with Gasteiger partial charge in [0.05, 0.1) is 5.56 Å². The Labute approximate surface area is 136 Å². The predicted molar refractivity (Wildman–Crippen MR) is 83.4 cm³/mol. The molecule has 0 saturated carbocycles. The van der Waals surface area contributed by atoms with Gasteiger partial charge in [0.25, 0.3) is 5.91 Å². The number of aromatic nitrogens is 2. The van der Waals surface area contributed by atoms with Crippen molar-refractivity contribution in [3.63, 3.8) is 0 Å². The number of oxazole rings is 1. The van der Waals surface area contributed by atoms with Crippen LogP contribution < -0.4 is 5.32 Å². The number of fused-ring (bicyclic) bond motifs is 1. The molecule has 24 heavy (non-hydrogen) atoms. The third-order valence-corrected chi connectivity index (χ3v) is 3.37. The van der Waals surface area contributed by atoms with Gasteiger partial charge in [-0.1, -0.05) is 18.1 Å². The average Bonchev–Trinajstić information content (AvgIpc) is 3.20. The zero-order valence-corrected chi connectivity index (χ0v) is 13.1. The second-order valence-corrected chi connectivity index (χ2v) is 5.12. The fraction of sp³-hybridized carbons (Fsp3) is 0.250. The number of hydrogen-bond donors (Lipinski definition) is 1. The fourth-order valence-corrected chi connectivity index (χ4v) is 2.20. The van der Waals surface area contributed by atoms with Gasteiger partial charge in [-0.25, -0.2) is 9.78 Å². The van der Waals surface area contributed by atoms with E-state index in [1.54, 1.807) is 38.1 Å². The van der Waals surface area contributed by atoms with Crippen LogP contribution in [0, 0.1) is 6.92 Å². The fourth-order valence-electron chi connectivity index (χ4n) is 2.20. The van der Waals surface area contributed by atoms with Crippen molar-refractivity contribution in [1.82, 2.24) is 10.1 Å². The van der Waals surface area contributed by atoms with Crippen LogP contribution >= 0.6 is 0 Å². The van der Waals surface area contributed by atoms with Crippen molar-refractivity contribution < 1.29 is 23.3 Å². The minimum absolute atomic E-state index is 0.241. The Morgan fingerprint density at radius 3 is 2.92 bits per heavy atom. The number of nitrogens with zero attached hydrogens (tertiary/aromatic N) is 2. The lowest BCUT2D eigenvalue weighted by Gasteiger charge is -2.15. The minimum atomic E-state index is -0.961. The molecule has 1 aromatic carbocycles. The van der Waals surface area contributed by atoms with Crippen molar-refractivity contribution in [1.29, 1.82) is 0 Å². The number of rotatable bonds is 5. The Morgan fingerprint density at radius 1 is 1.38 bits per heavy atom. The quantitative estimate of drug-likeness (QED) is 0.717. The first kappa shape index (κ1) is 15.7. The number of anilines is 1. The molecule has 1 amide bonds. The molecule has 0 fully saturated rings. The van der Waals surface area contributed by atoms with E-state index in [2.05, 4.69) is 15.5 Å². The highest BCUT2D eigenvalue weighted by Crippen LogP contribution is 2.19. The van der Waals surface area contributed by atoms with E-state index < -0.39 is 18.0 Å². The maximum absolute atomic E-state index is 12.4. The summed E-state index contributed by atoms with van der Waals surface area (Å²) in [5, 5.41) is 6.22. The number of carbonyl (C=O) groups excluding carboxylic acids is 2. The first-order valence-electron chi connectivity index (χ1n) is 7.36. The van der Waals surface area contributed by atoms with Gasteiger partial charge < -0.3 is 19.0 Å². The summed E-state index contributed by atoms with van der Waals surface area (Å²) < 4.78 is 15.3. The van der Waals surface area contributed by atoms with Gasteiger partial charge in [-0.15, -0.1) is 0 Å². The third kappa shape index (κ3) is 3.12. The van der Waals surface area contributed by atoms with Gasteiger partial charge in [0.1, 0.15) is 11.3 Å². The molecule has 2 aromatic heterocycles. The zero-order chi connectivity index (χ0) is 17.1. The largest absolute Gasteiger partial charge is 0.449 e. The van der Waals surface area contributed by atoms with Crippen molar-refractivity contribution in [3.8, 4) is 0 Å². The van der Waals surface area contributed by atoms with E-state index in [-0.39, 0.29) is 11.4 Å². The van der Waals surface area contributed by atoms with Gasteiger partial charge >= 0.3 is 5.97 Å².